The molecule has 23 heavy (non-hydrogen) atoms. The van der Waals surface area contributed by atoms with E-state index in [2.05, 4.69) is 45.0 Å². The second kappa shape index (κ2) is 5.34. The summed E-state index contributed by atoms with van der Waals surface area (Å²) in [6, 6.07) is 5.64. The van der Waals surface area contributed by atoms with Crippen LogP contribution in [0, 0.1) is 5.41 Å². The Bertz CT molecular complexity index is 727. The van der Waals surface area contributed by atoms with Gasteiger partial charge in [0.1, 0.15) is 0 Å². The summed E-state index contributed by atoms with van der Waals surface area (Å²) in [5.74, 6) is -0.0524. The first-order valence-electron chi connectivity index (χ1n) is 8.09. The average Bonchev–Trinajstić information content (AvgIpc) is 2.93. The van der Waals surface area contributed by atoms with Crippen molar-refractivity contribution < 1.29 is 9.53 Å². The van der Waals surface area contributed by atoms with Crippen molar-refractivity contribution in [2.75, 3.05) is 0 Å². The molecule has 124 valence electrons. The lowest BCUT2D eigenvalue weighted by Crippen LogP contribution is -2.63. The van der Waals surface area contributed by atoms with Crippen LogP contribution in [-0.2, 0) is 4.74 Å². The van der Waals surface area contributed by atoms with Gasteiger partial charge in [-0.05, 0) is 45.4 Å². The first-order chi connectivity index (χ1) is 10.7. The number of rotatable bonds is 3. The van der Waals surface area contributed by atoms with Crippen LogP contribution in [0.2, 0.25) is 0 Å². The van der Waals surface area contributed by atoms with Crippen LogP contribution in [0.1, 0.15) is 51.4 Å². The Morgan fingerprint density at radius 3 is 2.78 bits per heavy atom. The summed E-state index contributed by atoms with van der Waals surface area (Å²) in [5, 5.41) is 7.33. The third-order valence-electron chi connectivity index (χ3n) is 4.66. The third kappa shape index (κ3) is 2.98. The minimum absolute atomic E-state index is 0.0524. The Hall–Kier alpha value is -1.88. The zero-order valence-corrected chi connectivity index (χ0v) is 14.5. The minimum Gasteiger partial charge on any atom is -0.372 e. The molecule has 0 saturated heterocycles. The van der Waals surface area contributed by atoms with Gasteiger partial charge >= 0.3 is 0 Å². The molecule has 2 atom stereocenters. The molecule has 1 aliphatic carbocycles. The molecule has 2 heterocycles. The lowest BCUT2D eigenvalue weighted by Gasteiger charge is -2.53. The Labute approximate surface area is 137 Å². The smallest absolute Gasteiger partial charge is 0.253 e. The van der Waals surface area contributed by atoms with E-state index in [9.17, 15) is 4.79 Å². The monoisotopic (exact) mass is 315 g/mol. The highest BCUT2D eigenvalue weighted by molar-refractivity contribution is 6.00. The van der Waals surface area contributed by atoms with E-state index in [4.69, 9.17) is 4.74 Å². The quantitative estimate of drug-likeness (QED) is 0.947. The molecule has 2 unspecified atom stereocenters. The maximum Gasteiger partial charge on any atom is 0.253 e. The molecule has 1 saturated carbocycles. The van der Waals surface area contributed by atoms with Crippen molar-refractivity contribution in [2.24, 2.45) is 5.41 Å². The van der Waals surface area contributed by atoms with Crippen LogP contribution >= 0.6 is 0 Å². The van der Waals surface area contributed by atoms with Crippen LogP contribution in [0.3, 0.4) is 0 Å². The molecule has 1 fully saturated rings. The topological polar surface area (TPSA) is 55.6 Å². The van der Waals surface area contributed by atoms with E-state index in [-0.39, 0.29) is 29.1 Å². The summed E-state index contributed by atoms with van der Waals surface area (Å²) in [7, 11) is 0. The second-order valence-corrected chi connectivity index (χ2v) is 7.88. The number of ether oxygens (including phenoxy) is 1. The molecule has 0 radical (unpaired) electrons. The molecule has 5 nitrogen and oxygen atoms in total. The number of carbonyl (C=O) groups is 1. The molecule has 0 spiro atoms. The van der Waals surface area contributed by atoms with Gasteiger partial charge in [-0.1, -0.05) is 13.8 Å². The van der Waals surface area contributed by atoms with Gasteiger partial charge in [0.15, 0.2) is 0 Å². The van der Waals surface area contributed by atoms with Crippen molar-refractivity contribution in [1.82, 2.24) is 14.9 Å². The molecule has 0 bridgehead atoms. The van der Waals surface area contributed by atoms with Gasteiger partial charge in [0, 0.05) is 17.7 Å². The molecule has 1 amide bonds. The minimum atomic E-state index is -0.167. The molecule has 1 N–H and O–H groups in total. The van der Waals surface area contributed by atoms with Gasteiger partial charge < -0.3 is 10.1 Å². The Kier molecular flexibility index (Phi) is 3.71. The van der Waals surface area contributed by atoms with E-state index in [1.165, 1.54) is 0 Å². The maximum atomic E-state index is 12.6. The number of aromatic nitrogens is 2. The number of pyridine rings is 1. The lowest BCUT2D eigenvalue weighted by molar-refractivity contribution is -0.170. The zero-order chi connectivity index (χ0) is 16.8. The van der Waals surface area contributed by atoms with E-state index < -0.39 is 0 Å². The van der Waals surface area contributed by atoms with Gasteiger partial charge in [-0.15, -0.1) is 0 Å². The molecule has 0 aliphatic heterocycles. The largest absolute Gasteiger partial charge is 0.372 e. The van der Waals surface area contributed by atoms with Gasteiger partial charge in [-0.3, -0.25) is 4.79 Å². The maximum absolute atomic E-state index is 12.6. The van der Waals surface area contributed by atoms with Crippen molar-refractivity contribution in [3.05, 3.63) is 36.2 Å². The fourth-order valence-electron chi connectivity index (χ4n) is 3.14. The number of nitrogens with one attached hydrogen (secondary N) is 1. The fraction of sp³-hybridized carbons (Fsp3) is 0.556. The van der Waals surface area contributed by atoms with Gasteiger partial charge in [0.05, 0.1) is 29.0 Å². The predicted molar refractivity (Wildman–Crippen MR) is 89.5 cm³/mol. The highest BCUT2D eigenvalue weighted by Crippen LogP contribution is 2.44. The summed E-state index contributed by atoms with van der Waals surface area (Å²) >= 11 is 0. The summed E-state index contributed by atoms with van der Waals surface area (Å²) in [4.78, 5) is 12.6. The van der Waals surface area contributed by atoms with Gasteiger partial charge in [-0.2, -0.15) is 5.10 Å². The second-order valence-electron chi connectivity index (χ2n) is 7.88. The molecular weight excluding hydrogens is 290 g/mol. The molecule has 3 rings (SSSR count). The van der Waals surface area contributed by atoms with Crippen LogP contribution in [0.4, 0.5) is 0 Å². The van der Waals surface area contributed by atoms with Crippen molar-refractivity contribution in [1.29, 1.82) is 0 Å². The highest BCUT2D eigenvalue weighted by Gasteiger charge is 2.51. The van der Waals surface area contributed by atoms with E-state index in [0.717, 1.165) is 11.9 Å². The van der Waals surface area contributed by atoms with Gasteiger partial charge in [0.2, 0.25) is 0 Å². The van der Waals surface area contributed by atoms with E-state index >= 15 is 0 Å². The number of fused-ring (bicyclic) bond motifs is 1. The average molecular weight is 315 g/mol. The van der Waals surface area contributed by atoms with E-state index in [0.29, 0.717) is 5.56 Å². The number of amides is 1. The predicted octanol–water partition coefficient (Wildman–Crippen LogP) is 3.05. The van der Waals surface area contributed by atoms with Gasteiger partial charge in [-0.25, -0.2) is 4.52 Å². The van der Waals surface area contributed by atoms with Crippen LogP contribution in [-0.4, -0.2) is 33.3 Å². The fourth-order valence-corrected chi connectivity index (χ4v) is 3.14. The number of hydrogen-bond acceptors (Lipinski definition) is 3. The van der Waals surface area contributed by atoms with Gasteiger partial charge in [0.25, 0.3) is 5.91 Å². The van der Waals surface area contributed by atoms with Crippen LogP contribution in [0.5, 0.6) is 0 Å². The zero-order valence-electron chi connectivity index (χ0n) is 14.5. The van der Waals surface area contributed by atoms with Crippen LogP contribution in [0.25, 0.3) is 5.52 Å². The van der Waals surface area contributed by atoms with Crippen LogP contribution < -0.4 is 5.32 Å². The summed E-state index contributed by atoms with van der Waals surface area (Å²) in [6.07, 6.45) is 4.55. The standard InChI is InChI=1S/C18H25N3O2/c1-17(2,3)23-15-11-14(18(15,4)5)20-16(22)12-7-6-10-21-13(12)8-9-19-21/h6-10,14-15H,11H2,1-5H3,(H,20,22). The normalized spacial score (nSPS) is 23.5. The molecule has 0 aromatic carbocycles. The Morgan fingerprint density at radius 2 is 2.13 bits per heavy atom. The first-order valence-corrected chi connectivity index (χ1v) is 8.09. The SMILES string of the molecule is CC(C)(C)OC1CC(NC(=O)c2cccn3nccc23)C1(C)C. The number of carbonyl (C=O) groups excluding carboxylic acids is 1. The lowest BCUT2D eigenvalue weighted by atomic mass is 9.64. The molecule has 5 heteroatoms. The van der Waals surface area contributed by atoms with E-state index in [1.54, 1.807) is 10.7 Å². The first kappa shape index (κ1) is 16.0. The van der Waals surface area contributed by atoms with Crippen molar-refractivity contribution >= 4 is 11.4 Å². The van der Waals surface area contributed by atoms with E-state index in [1.807, 2.05) is 24.4 Å². The van der Waals surface area contributed by atoms with Crippen molar-refractivity contribution in [3.63, 3.8) is 0 Å². The molecule has 2 aromatic heterocycles. The highest BCUT2D eigenvalue weighted by atomic mass is 16.5. The molecule has 1 aliphatic rings. The summed E-state index contributed by atoms with van der Waals surface area (Å²) in [5.41, 5.74) is 1.24. The molecule has 2 aromatic rings. The van der Waals surface area contributed by atoms with Crippen molar-refractivity contribution in [2.45, 2.75) is 58.8 Å². The molecular formula is C18H25N3O2. The van der Waals surface area contributed by atoms with Crippen molar-refractivity contribution in [3.8, 4) is 0 Å². The Balaban J connectivity index is 1.71. The third-order valence-corrected chi connectivity index (χ3v) is 4.66. The Morgan fingerprint density at radius 1 is 1.39 bits per heavy atom. The number of nitrogens with zero attached hydrogens (tertiary/aromatic N) is 2. The summed E-state index contributed by atoms with van der Waals surface area (Å²) < 4.78 is 7.81. The van der Waals surface area contributed by atoms with Crippen LogP contribution in [0.15, 0.2) is 30.6 Å². The number of hydrogen-bond donors (Lipinski definition) is 1. The summed E-state index contributed by atoms with van der Waals surface area (Å²) in [6.45, 7) is 10.5.